The smallest absolute Gasteiger partial charge is 0.216 e. The quantitative estimate of drug-likeness (QED) is 0.505. The van der Waals surface area contributed by atoms with Crippen LogP contribution in [0.1, 0.15) is 0 Å². The number of hydrogen-bond donors (Lipinski definition) is 0. The summed E-state index contributed by atoms with van der Waals surface area (Å²) in [5.74, 6) is 0.911. The molecule has 0 atom stereocenters. The van der Waals surface area contributed by atoms with Crippen LogP contribution in [0.2, 0.25) is 0 Å². The third kappa shape index (κ3) is 1.91. The Kier molecular flexibility index (Phi) is 2.94. The first-order chi connectivity index (χ1) is 9.83. The van der Waals surface area contributed by atoms with E-state index in [0.29, 0.717) is 0 Å². The van der Waals surface area contributed by atoms with E-state index < -0.39 is 0 Å². The van der Waals surface area contributed by atoms with Gasteiger partial charge in [-0.25, -0.2) is 0 Å². The summed E-state index contributed by atoms with van der Waals surface area (Å²) >= 11 is 6.76. The molecule has 0 saturated carbocycles. The third-order valence-electron chi connectivity index (χ3n) is 3.03. The van der Waals surface area contributed by atoms with Gasteiger partial charge in [-0.15, -0.1) is 32.9 Å². The fourth-order valence-electron chi connectivity index (χ4n) is 2.11. The highest BCUT2D eigenvalue weighted by atomic mass is 79.9. The molecular weight excluding hydrogens is 354 g/mol. The van der Waals surface area contributed by atoms with Crippen molar-refractivity contribution in [2.45, 2.75) is 0 Å². The van der Waals surface area contributed by atoms with Crippen molar-refractivity contribution in [3.63, 3.8) is 0 Å². The number of halogens is 1. The summed E-state index contributed by atoms with van der Waals surface area (Å²) in [6.07, 6.45) is 0. The number of rotatable bonds is 2. The number of hydrogen-bond acceptors (Lipinski definition) is 4. The maximum absolute atomic E-state index is 4.33. The Morgan fingerprint density at radius 3 is 2.60 bits per heavy atom. The molecule has 0 aliphatic carbocycles. The number of thiazole rings is 1. The summed E-state index contributed by atoms with van der Waals surface area (Å²) < 4.78 is 3.20. The van der Waals surface area contributed by atoms with E-state index in [1.165, 1.54) is 0 Å². The van der Waals surface area contributed by atoms with Crippen molar-refractivity contribution >= 4 is 43.6 Å². The van der Waals surface area contributed by atoms with Crippen molar-refractivity contribution in [1.82, 2.24) is 14.6 Å². The van der Waals surface area contributed by atoms with Crippen LogP contribution in [0.5, 0.6) is 0 Å². The molecule has 3 heterocycles. The molecule has 0 unspecified atom stereocenters. The van der Waals surface area contributed by atoms with Crippen molar-refractivity contribution in [2.75, 3.05) is 0 Å². The SMILES string of the molecule is Brc1ccc(-c2csc3nnc(-c4cccs4)n23)cc1. The van der Waals surface area contributed by atoms with Crippen LogP contribution >= 0.6 is 38.6 Å². The molecule has 3 aromatic heterocycles. The van der Waals surface area contributed by atoms with Crippen LogP contribution in [-0.4, -0.2) is 14.6 Å². The first kappa shape index (κ1) is 12.3. The lowest BCUT2D eigenvalue weighted by molar-refractivity contribution is 1.12. The molecule has 0 amide bonds. The van der Waals surface area contributed by atoms with Gasteiger partial charge in [0.05, 0.1) is 10.6 Å². The van der Waals surface area contributed by atoms with Gasteiger partial charge < -0.3 is 0 Å². The van der Waals surface area contributed by atoms with Crippen LogP contribution in [0, 0.1) is 0 Å². The van der Waals surface area contributed by atoms with Gasteiger partial charge in [0.2, 0.25) is 4.96 Å². The monoisotopic (exact) mass is 361 g/mol. The molecule has 0 bridgehead atoms. The lowest BCUT2D eigenvalue weighted by Gasteiger charge is -2.02. The standard InChI is InChI=1S/C14H8BrN3S2/c15-10-5-3-9(4-6-10)11-8-20-14-17-16-13(18(11)14)12-2-1-7-19-12/h1-8H. The Balaban J connectivity index is 1.96. The lowest BCUT2D eigenvalue weighted by atomic mass is 10.2. The average Bonchev–Trinajstić information content (AvgIpc) is 3.16. The van der Waals surface area contributed by atoms with E-state index in [0.717, 1.165) is 31.4 Å². The number of benzene rings is 1. The third-order valence-corrected chi connectivity index (χ3v) is 5.24. The zero-order chi connectivity index (χ0) is 13.5. The van der Waals surface area contributed by atoms with Crippen molar-refractivity contribution in [1.29, 1.82) is 0 Å². The summed E-state index contributed by atoms with van der Waals surface area (Å²) in [5.41, 5.74) is 2.29. The fourth-order valence-corrected chi connectivity index (χ4v) is 3.91. The Labute approximate surface area is 131 Å². The molecule has 1 aromatic carbocycles. The molecule has 0 radical (unpaired) electrons. The highest BCUT2D eigenvalue weighted by Crippen LogP contribution is 2.32. The van der Waals surface area contributed by atoms with Crippen LogP contribution in [0.3, 0.4) is 0 Å². The Hall–Kier alpha value is -1.50. The molecule has 6 heteroatoms. The van der Waals surface area contributed by atoms with Crippen molar-refractivity contribution < 1.29 is 0 Å². The van der Waals surface area contributed by atoms with E-state index in [2.05, 4.69) is 59.5 Å². The molecular formula is C14H8BrN3S2. The normalized spacial score (nSPS) is 11.2. The van der Waals surface area contributed by atoms with Crippen molar-refractivity contribution in [3.05, 3.63) is 51.6 Å². The highest BCUT2D eigenvalue weighted by Gasteiger charge is 2.15. The molecule has 0 saturated heterocycles. The van der Waals surface area contributed by atoms with Gasteiger partial charge in [0, 0.05) is 9.85 Å². The molecule has 4 aromatic rings. The molecule has 98 valence electrons. The van der Waals surface area contributed by atoms with Gasteiger partial charge in [0.25, 0.3) is 0 Å². The summed E-state index contributed by atoms with van der Waals surface area (Å²) in [6, 6.07) is 12.4. The largest absolute Gasteiger partial charge is 0.265 e. The van der Waals surface area contributed by atoms with Crippen LogP contribution in [0.4, 0.5) is 0 Å². The molecule has 0 spiro atoms. The maximum atomic E-state index is 4.33. The van der Waals surface area contributed by atoms with Gasteiger partial charge >= 0.3 is 0 Å². The maximum Gasteiger partial charge on any atom is 0.216 e. The topological polar surface area (TPSA) is 30.2 Å². The van der Waals surface area contributed by atoms with Gasteiger partial charge in [0.1, 0.15) is 0 Å². The van der Waals surface area contributed by atoms with E-state index in [1.807, 2.05) is 18.2 Å². The minimum atomic E-state index is 0.911. The summed E-state index contributed by atoms with van der Waals surface area (Å²) in [6.45, 7) is 0. The van der Waals surface area contributed by atoms with E-state index in [4.69, 9.17) is 0 Å². The fraction of sp³-hybridized carbons (Fsp3) is 0. The molecule has 0 N–H and O–H groups in total. The predicted octanol–water partition coefficient (Wildman–Crippen LogP) is 4.95. The van der Waals surface area contributed by atoms with Crippen molar-refractivity contribution in [2.24, 2.45) is 0 Å². The second-order valence-corrected chi connectivity index (χ2v) is 6.95. The van der Waals surface area contributed by atoms with E-state index >= 15 is 0 Å². The lowest BCUT2D eigenvalue weighted by Crippen LogP contribution is -1.89. The first-order valence-corrected chi connectivity index (χ1v) is 8.50. The van der Waals surface area contributed by atoms with Gasteiger partial charge in [-0.3, -0.25) is 4.40 Å². The van der Waals surface area contributed by atoms with E-state index in [9.17, 15) is 0 Å². The summed E-state index contributed by atoms with van der Waals surface area (Å²) in [5, 5.41) is 12.8. The molecule has 20 heavy (non-hydrogen) atoms. The average molecular weight is 362 g/mol. The summed E-state index contributed by atoms with van der Waals surface area (Å²) in [4.78, 5) is 2.06. The zero-order valence-corrected chi connectivity index (χ0v) is 13.4. The van der Waals surface area contributed by atoms with Crippen LogP contribution in [0.25, 0.3) is 26.9 Å². The zero-order valence-electron chi connectivity index (χ0n) is 10.2. The van der Waals surface area contributed by atoms with Crippen LogP contribution in [0.15, 0.2) is 51.6 Å². The molecule has 0 aliphatic heterocycles. The molecule has 0 aliphatic rings. The number of thiophene rings is 1. The number of fused-ring (bicyclic) bond motifs is 1. The molecule has 0 fully saturated rings. The minimum Gasteiger partial charge on any atom is -0.265 e. The second kappa shape index (κ2) is 4.80. The van der Waals surface area contributed by atoms with E-state index in [-0.39, 0.29) is 0 Å². The predicted molar refractivity (Wildman–Crippen MR) is 87.3 cm³/mol. The molecule has 4 rings (SSSR count). The number of nitrogens with zero attached hydrogens (tertiary/aromatic N) is 3. The van der Waals surface area contributed by atoms with Gasteiger partial charge in [0.15, 0.2) is 5.82 Å². The Bertz CT molecular complexity index is 860. The summed E-state index contributed by atoms with van der Waals surface area (Å²) in [7, 11) is 0. The van der Waals surface area contributed by atoms with Crippen LogP contribution in [-0.2, 0) is 0 Å². The first-order valence-electron chi connectivity index (χ1n) is 5.95. The van der Waals surface area contributed by atoms with Gasteiger partial charge in [-0.2, -0.15) is 0 Å². The van der Waals surface area contributed by atoms with Gasteiger partial charge in [-0.1, -0.05) is 34.1 Å². The Morgan fingerprint density at radius 2 is 1.85 bits per heavy atom. The Morgan fingerprint density at radius 1 is 1.00 bits per heavy atom. The highest BCUT2D eigenvalue weighted by molar-refractivity contribution is 9.10. The van der Waals surface area contributed by atoms with Crippen molar-refractivity contribution in [3.8, 4) is 22.0 Å². The molecule has 3 nitrogen and oxygen atoms in total. The second-order valence-electron chi connectivity index (χ2n) is 4.25. The number of aromatic nitrogens is 3. The minimum absolute atomic E-state index is 0.911. The van der Waals surface area contributed by atoms with Gasteiger partial charge in [-0.05, 0) is 29.1 Å². The van der Waals surface area contributed by atoms with E-state index in [1.54, 1.807) is 22.7 Å². The van der Waals surface area contributed by atoms with Crippen LogP contribution < -0.4 is 0 Å².